The number of ether oxygens (including phenoxy) is 1. The molecule has 0 fully saturated rings. The Morgan fingerprint density at radius 3 is 3.10 bits per heavy atom. The molecule has 0 saturated heterocycles. The molecule has 0 atom stereocenters. The van der Waals surface area contributed by atoms with Gasteiger partial charge in [-0.2, -0.15) is 8.75 Å². The average molecular weight is 315 g/mol. The van der Waals surface area contributed by atoms with Gasteiger partial charge in [-0.1, -0.05) is 11.6 Å². The number of nitrogens with zero attached hydrogens (tertiary/aromatic N) is 2. The molecule has 2 N–H and O–H groups in total. The Hall–Kier alpha value is -1.44. The summed E-state index contributed by atoms with van der Waals surface area (Å²) in [6.45, 7) is 1.36. The molecule has 0 aliphatic carbocycles. The lowest BCUT2D eigenvalue weighted by atomic mass is 10.2. The number of nitrogens with one attached hydrogen (secondary N) is 2. The van der Waals surface area contributed by atoms with Crippen molar-refractivity contribution in [3.05, 3.63) is 17.2 Å². The lowest BCUT2D eigenvalue weighted by Gasteiger charge is -2.09. The summed E-state index contributed by atoms with van der Waals surface area (Å²) < 4.78 is 13.2. The first-order valence-electron chi connectivity index (χ1n) is 6.12. The fraction of sp³-hybridized carbons (Fsp3) is 0.417. The van der Waals surface area contributed by atoms with Gasteiger partial charge in [-0.3, -0.25) is 4.79 Å². The highest BCUT2D eigenvalue weighted by Gasteiger charge is 2.10. The summed E-state index contributed by atoms with van der Waals surface area (Å²) in [4.78, 5) is 11.7. The minimum Gasteiger partial charge on any atom is -0.385 e. The highest BCUT2D eigenvalue weighted by Crippen LogP contribution is 2.29. The van der Waals surface area contributed by atoms with Crippen LogP contribution in [0.2, 0.25) is 5.02 Å². The highest BCUT2D eigenvalue weighted by molar-refractivity contribution is 7.00. The van der Waals surface area contributed by atoms with Crippen molar-refractivity contribution in [2.45, 2.75) is 6.42 Å². The lowest BCUT2D eigenvalue weighted by Crippen LogP contribution is -2.31. The quantitative estimate of drug-likeness (QED) is 0.763. The van der Waals surface area contributed by atoms with Gasteiger partial charge in [-0.25, -0.2) is 0 Å². The van der Waals surface area contributed by atoms with Gasteiger partial charge in [0.1, 0.15) is 11.0 Å². The summed E-state index contributed by atoms with van der Waals surface area (Å²) in [5.74, 6) is -0.0997. The predicted molar refractivity (Wildman–Crippen MR) is 80.4 cm³/mol. The van der Waals surface area contributed by atoms with Crippen molar-refractivity contribution in [2.75, 3.05) is 32.1 Å². The van der Waals surface area contributed by atoms with Gasteiger partial charge in [0.05, 0.1) is 29.0 Å². The number of benzene rings is 1. The Kier molecular flexibility index (Phi) is 5.51. The second-order valence-electron chi connectivity index (χ2n) is 4.10. The first-order valence-corrected chi connectivity index (χ1v) is 7.23. The molecule has 1 aromatic carbocycles. The Balaban J connectivity index is 1.90. The summed E-state index contributed by atoms with van der Waals surface area (Å²) >= 11 is 7.23. The summed E-state index contributed by atoms with van der Waals surface area (Å²) in [5.41, 5.74) is 2.10. The minimum atomic E-state index is -0.0997. The van der Waals surface area contributed by atoms with Gasteiger partial charge in [-0.15, -0.1) is 0 Å². The third-order valence-corrected chi connectivity index (χ3v) is 3.51. The maximum atomic E-state index is 11.7. The van der Waals surface area contributed by atoms with Crippen LogP contribution >= 0.6 is 23.3 Å². The molecule has 20 heavy (non-hydrogen) atoms. The number of carbonyl (C=O) groups excluding carboxylic acids is 1. The molecule has 1 heterocycles. The van der Waals surface area contributed by atoms with E-state index in [1.54, 1.807) is 19.2 Å². The van der Waals surface area contributed by atoms with E-state index in [0.717, 1.165) is 23.7 Å². The van der Waals surface area contributed by atoms with Crippen LogP contribution in [0.1, 0.15) is 6.42 Å². The van der Waals surface area contributed by atoms with Crippen LogP contribution in [0.25, 0.3) is 11.0 Å². The summed E-state index contributed by atoms with van der Waals surface area (Å²) in [6, 6.07) is 3.54. The van der Waals surface area contributed by atoms with Gasteiger partial charge in [0.15, 0.2) is 0 Å². The standard InChI is InChI=1S/C12H15ClN4O2S/c1-19-6-2-5-14-10(18)7-15-11-8(13)3-4-9-12(11)17-20-16-9/h3-4,15H,2,5-7H2,1H3,(H,14,18). The summed E-state index contributed by atoms with van der Waals surface area (Å²) in [5, 5.41) is 6.33. The van der Waals surface area contributed by atoms with E-state index in [4.69, 9.17) is 16.3 Å². The van der Waals surface area contributed by atoms with Gasteiger partial charge in [0.2, 0.25) is 5.91 Å². The molecule has 1 amide bonds. The zero-order valence-electron chi connectivity index (χ0n) is 11.0. The number of halogens is 1. The van der Waals surface area contributed by atoms with Crippen molar-refractivity contribution < 1.29 is 9.53 Å². The molecular formula is C12H15ClN4O2S. The monoisotopic (exact) mass is 314 g/mol. The molecule has 0 bridgehead atoms. The van der Waals surface area contributed by atoms with Gasteiger partial charge in [0.25, 0.3) is 0 Å². The second kappa shape index (κ2) is 7.37. The van der Waals surface area contributed by atoms with E-state index >= 15 is 0 Å². The van der Waals surface area contributed by atoms with E-state index in [9.17, 15) is 4.79 Å². The molecule has 6 nitrogen and oxygen atoms in total. The Morgan fingerprint density at radius 2 is 2.30 bits per heavy atom. The van der Waals surface area contributed by atoms with Crippen molar-refractivity contribution in [3.8, 4) is 0 Å². The van der Waals surface area contributed by atoms with E-state index in [2.05, 4.69) is 19.4 Å². The fourth-order valence-corrected chi connectivity index (χ4v) is 2.43. The first kappa shape index (κ1) is 15.0. The molecule has 2 rings (SSSR count). The number of amides is 1. The number of hydrogen-bond donors (Lipinski definition) is 2. The highest BCUT2D eigenvalue weighted by atomic mass is 35.5. The van der Waals surface area contributed by atoms with Crippen LogP contribution in [-0.2, 0) is 9.53 Å². The molecule has 0 aliphatic rings. The number of carbonyl (C=O) groups is 1. The third-order valence-electron chi connectivity index (χ3n) is 2.65. The summed E-state index contributed by atoms with van der Waals surface area (Å²) in [7, 11) is 1.63. The SMILES string of the molecule is COCCCNC(=O)CNc1c(Cl)ccc2nsnc12. The van der Waals surface area contributed by atoms with E-state index < -0.39 is 0 Å². The Morgan fingerprint density at radius 1 is 1.45 bits per heavy atom. The van der Waals surface area contributed by atoms with Crippen LogP contribution in [0.4, 0.5) is 5.69 Å². The lowest BCUT2D eigenvalue weighted by molar-refractivity contribution is -0.119. The molecule has 2 aromatic rings. The van der Waals surface area contributed by atoms with Gasteiger partial charge in [0, 0.05) is 20.3 Å². The van der Waals surface area contributed by atoms with Crippen LogP contribution in [0.15, 0.2) is 12.1 Å². The molecule has 0 saturated carbocycles. The Labute approximate surface area is 125 Å². The van der Waals surface area contributed by atoms with Crippen LogP contribution in [0.5, 0.6) is 0 Å². The maximum Gasteiger partial charge on any atom is 0.239 e. The molecule has 0 unspecified atom stereocenters. The minimum absolute atomic E-state index is 0.0997. The van der Waals surface area contributed by atoms with Crippen molar-refractivity contribution in [2.24, 2.45) is 0 Å². The number of aromatic nitrogens is 2. The van der Waals surface area contributed by atoms with Gasteiger partial charge in [-0.05, 0) is 18.6 Å². The molecule has 8 heteroatoms. The zero-order valence-corrected chi connectivity index (χ0v) is 12.6. The molecule has 0 radical (unpaired) electrons. The van der Waals surface area contributed by atoms with Crippen molar-refractivity contribution in [1.29, 1.82) is 0 Å². The van der Waals surface area contributed by atoms with Crippen LogP contribution < -0.4 is 10.6 Å². The first-order chi connectivity index (χ1) is 9.72. The normalized spacial score (nSPS) is 10.7. The molecule has 1 aromatic heterocycles. The van der Waals surface area contributed by atoms with E-state index in [1.807, 2.05) is 0 Å². The van der Waals surface area contributed by atoms with E-state index in [0.29, 0.717) is 29.4 Å². The number of hydrogen-bond acceptors (Lipinski definition) is 6. The largest absolute Gasteiger partial charge is 0.385 e. The fourth-order valence-electron chi connectivity index (χ4n) is 1.67. The maximum absolute atomic E-state index is 11.7. The van der Waals surface area contributed by atoms with Crippen molar-refractivity contribution in [1.82, 2.24) is 14.1 Å². The molecule has 0 spiro atoms. The van der Waals surface area contributed by atoms with E-state index in [-0.39, 0.29) is 12.5 Å². The number of rotatable bonds is 7. The number of methoxy groups -OCH3 is 1. The van der Waals surface area contributed by atoms with Crippen LogP contribution in [0, 0.1) is 0 Å². The van der Waals surface area contributed by atoms with Crippen LogP contribution in [0.3, 0.4) is 0 Å². The number of anilines is 1. The second-order valence-corrected chi connectivity index (χ2v) is 5.04. The predicted octanol–water partition coefficient (Wildman–Crippen LogP) is 1.91. The topological polar surface area (TPSA) is 76.1 Å². The van der Waals surface area contributed by atoms with Gasteiger partial charge < -0.3 is 15.4 Å². The molecule has 108 valence electrons. The van der Waals surface area contributed by atoms with Crippen molar-refractivity contribution >= 4 is 46.0 Å². The number of fused-ring (bicyclic) bond motifs is 1. The van der Waals surface area contributed by atoms with Crippen LogP contribution in [-0.4, -0.2) is 41.5 Å². The van der Waals surface area contributed by atoms with Crippen molar-refractivity contribution in [3.63, 3.8) is 0 Å². The summed E-state index contributed by atoms with van der Waals surface area (Å²) in [6.07, 6.45) is 0.786. The van der Waals surface area contributed by atoms with E-state index in [1.165, 1.54) is 0 Å². The molecule has 0 aliphatic heterocycles. The third kappa shape index (κ3) is 3.78. The smallest absolute Gasteiger partial charge is 0.239 e. The Bertz CT molecular complexity index is 590. The molecular weight excluding hydrogens is 300 g/mol. The van der Waals surface area contributed by atoms with Gasteiger partial charge >= 0.3 is 0 Å². The average Bonchev–Trinajstić information content (AvgIpc) is 2.91. The zero-order chi connectivity index (χ0) is 14.4.